The van der Waals surface area contributed by atoms with Crippen molar-refractivity contribution in [3.63, 3.8) is 0 Å². The van der Waals surface area contributed by atoms with E-state index in [1.54, 1.807) is 6.92 Å². The van der Waals surface area contributed by atoms with Gasteiger partial charge in [0.1, 0.15) is 24.7 Å². The number of fused-ring (bicyclic) bond motifs is 1. The number of aliphatic hydroxyl groups excluding tert-OH is 1. The van der Waals surface area contributed by atoms with E-state index in [1.165, 1.54) is 23.0 Å². The van der Waals surface area contributed by atoms with Crippen LogP contribution in [0.4, 0.5) is 14.5 Å². The van der Waals surface area contributed by atoms with Crippen molar-refractivity contribution >= 4 is 37.5 Å². The van der Waals surface area contributed by atoms with Gasteiger partial charge in [-0.05, 0) is 12.1 Å². The van der Waals surface area contributed by atoms with Gasteiger partial charge in [0.25, 0.3) is 6.02 Å². The van der Waals surface area contributed by atoms with Crippen molar-refractivity contribution in [1.29, 1.82) is 0 Å². The first-order chi connectivity index (χ1) is 18.1. The van der Waals surface area contributed by atoms with Crippen molar-refractivity contribution < 1.29 is 38.0 Å². The normalized spacial score (nSPS) is 17.4. The number of pyridine rings is 1. The predicted molar refractivity (Wildman–Crippen MR) is 140 cm³/mol. The third-order valence-electron chi connectivity index (χ3n) is 6.02. The maximum absolute atomic E-state index is 15.0. The summed E-state index contributed by atoms with van der Waals surface area (Å²) in [6.07, 6.45) is 2.73. The van der Waals surface area contributed by atoms with Crippen LogP contribution in [0.25, 0.3) is 11.0 Å². The van der Waals surface area contributed by atoms with E-state index >= 15 is 0 Å². The molecule has 2 aromatic heterocycles. The Hall–Kier alpha value is -3.55. The lowest BCUT2D eigenvalue weighted by atomic mass is 9.93. The van der Waals surface area contributed by atoms with Crippen LogP contribution in [-0.4, -0.2) is 66.9 Å². The van der Waals surface area contributed by atoms with Crippen molar-refractivity contribution in [3.05, 3.63) is 47.8 Å². The minimum Gasteiger partial charge on any atom is -0.478 e. The third-order valence-corrected chi connectivity index (χ3v) is 7.41. The number of carboxylic acids is 1. The number of aliphatic imine (C=N–C) groups is 1. The predicted octanol–water partition coefficient (Wildman–Crippen LogP) is 4.06. The van der Waals surface area contributed by atoms with Gasteiger partial charge in [0.2, 0.25) is 0 Å². The number of nitrogens with one attached hydrogen (secondary N) is 1. The van der Waals surface area contributed by atoms with Crippen LogP contribution in [0.1, 0.15) is 17.3 Å². The number of anilines is 1. The van der Waals surface area contributed by atoms with Crippen molar-refractivity contribution in [1.82, 2.24) is 9.55 Å². The van der Waals surface area contributed by atoms with E-state index in [-0.39, 0.29) is 60.5 Å². The lowest BCUT2D eigenvalue weighted by Gasteiger charge is -2.30. The second kappa shape index (κ2) is 11.5. The van der Waals surface area contributed by atoms with Gasteiger partial charge < -0.3 is 34.3 Å². The van der Waals surface area contributed by atoms with E-state index < -0.39 is 37.6 Å². The van der Waals surface area contributed by atoms with Crippen LogP contribution in [0.5, 0.6) is 11.5 Å². The molecule has 3 N–H and O–H groups in total. The van der Waals surface area contributed by atoms with Crippen molar-refractivity contribution in [2.24, 2.45) is 10.4 Å². The minimum absolute atomic E-state index is 0.0394. The Bertz CT molecular complexity index is 1340. The number of ether oxygens (including phenoxy) is 3. The summed E-state index contributed by atoms with van der Waals surface area (Å²) in [4.78, 5) is 20.4. The molecule has 0 aliphatic carbocycles. The van der Waals surface area contributed by atoms with Crippen LogP contribution in [0.3, 0.4) is 0 Å². The maximum Gasteiger partial charge on any atom is 0.338 e. The second-order valence-electron chi connectivity index (χ2n) is 9.92. The highest BCUT2D eigenvalue weighted by Crippen LogP contribution is 2.36. The van der Waals surface area contributed by atoms with E-state index in [1.807, 2.05) is 0 Å². The Labute approximate surface area is 219 Å². The highest BCUT2D eigenvalue weighted by molar-refractivity contribution is 6.55. The first-order valence-corrected chi connectivity index (χ1v) is 15.2. The molecule has 0 radical (unpaired) electrons. The molecule has 0 saturated carbocycles. The van der Waals surface area contributed by atoms with Crippen LogP contribution in [0.2, 0.25) is 19.1 Å². The second-order valence-corrected chi connectivity index (χ2v) is 13.3. The third kappa shape index (κ3) is 6.11. The van der Waals surface area contributed by atoms with Crippen molar-refractivity contribution in [2.45, 2.75) is 32.8 Å². The van der Waals surface area contributed by atoms with E-state index in [0.29, 0.717) is 6.61 Å². The van der Waals surface area contributed by atoms with Gasteiger partial charge in [-0.1, -0.05) is 20.0 Å². The molecule has 3 heterocycles. The standard InChI is InChI=1S/C25H30F2N4O6Si/c1-25(12-32)11-29-24(36-13-25)30-15-8-17(26)21(18(27)9-15)37-19-4-5-28-22-20(19)16(23(33)34)10-31(22)14-35-6-7-38(2)3/h4-5,8-10,32,38H,6-7,11-14H2,1-3H3,(H,29,30)(H,33,34). The Balaban J connectivity index is 1.58. The van der Waals surface area contributed by atoms with Gasteiger partial charge in [-0.3, -0.25) is 0 Å². The number of hydrogen-bond acceptors (Lipinski definition) is 8. The SMILES string of the molecule is C[SiH](C)CCOCn1cc(C(=O)O)c2c(Oc3c(F)cc(NC4=NCC(C)(CO)CO4)cc3F)ccnc21. The monoisotopic (exact) mass is 548 g/mol. The number of rotatable bonds is 10. The molecule has 1 aliphatic heterocycles. The molecule has 3 aromatic rings. The number of aromatic carboxylic acids is 1. The van der Waals surface area contributed by atoms with Crippen LogP contribution in [0, 0.1) is 17.0 Å². The largest absolute Gasteiger partial charge is 0.478 e. The molecule has 0 amide bonds. The molecule has 0 saturated heterocycles. The molecule has 0 fully saturated rings. The van der Waals surface area contributed by atoms with Crippen LogP contribution >= 0.6 is 0 Å². The van der Waals surface area contributed by atoms with Crippen LogP contribution < -0.4 is 10.1 Å². The first-order valence-electron chi connectivity index (χ1n) is 12.1. The van der Waals surface area contributed by atoms with Crippen molar-refractivity contribution in [2.75, 3.05) is 31.7 Å². The Morgan fingerprint density at radius 1 is 1.32 bits per heavy atom. The molecule has 1 atom stereocenters. The molecule has 0 bridgehead atoms. The molecule has 1 unspecified atom stereocenters. The van der Waals surface area contributed by atoms with Gasteiger partial charge in [0.05, 0.1) is 24.1 Å². The molecule has 204 valence electrons. The fourth-order valence-corrected chi connectivity index (χ4v) is 4.38. The maximum atomic E-state index is 15.0. The number of hydrogen-bond donors (Lipinski definition) is 3. The number of halogens is 2. The van der Waals surface area contributed by atoms with Crippen LogP contribution in [-0.2, 0) is 16.2 Å². The summed E-state index contributed by atoms with van der Waals surface area (Å²) in [6.45, 7) is 7.19. The lowest BCUT2D eigenvalue weighted by Crippen LogP contribution is -2.38. The van der Waals surface area contributed by atoms with Gasteiger partial charge in [-0.25, -0.2) is 23.6 Å². The molecule has 4 rings (SSSR count). The summed E-state index contributed by atoms with van der Waals surface area (Å²) in [6, 6.07) is 4.41. The van der Waals surface area contributed by atoms with E-state index in [2.05, 4.69) is 28.4 Å². The summed E-state index contributed by atoms with van der Waals surface area (Å²) in [7, 11) is -0.798. The zero-order chi connectivity index (χ0) is 27.4. The quantitative estimate of drug-likeness (QED) is 0.256. The lowest BCUT2D eigenvalue weighted by molar-refractivity contribution is 0.0695. The fraction of sp³-hybridized carbons (Fsp3) is 0.400. The average molecular weight is 549 g/mol. The summed E-state index contributed by atoms with van der Waals surface area (Å²) in [5.41, 5.74) is -0.364. The van der Waals surface area contributed by atoms with Gasteiger partial charge in [0, 0.05) is 51.0 Å². The van der Waals surface area contributed by atoms with E-state index in [0.717, 1.165) is 18.2 Å². The summed E-state index contributed by atoms with van der Waals surface area (Å²) in [5, 5.41) is 22.0. The molecular formula is C25H30F2N4O6Si. The van der Waals surface area contributed by atoms with Gasteiger partial charge in [-0.15, -0.1) is 0 Å². The number of carbonyl (C=O) groups is 1. The number of nitrogens with zero attached hydrogens (tertiary/aromatic N) is 3. The molecule has 13 heteroatoms. The number of aromatic nitrogens is 2. The Morgan fingerprint density at radius 3 is 2.66 bits per heavy atom. The molecule has 0 spiro atoms. The number of amidine groups is 1. The Kier molecular flexibility index (Phi) is 8.28. The summed E-state index contributed by atoms with van der Waals surface area (Å²) in [5.74, 6) is -4.06. The Morgan fingerprint density at radius 2 is 2.05 bits per heavy atom. The van der Waals surface area contributed by atoms with Gasteiger partial charge in [0.15, 0.2) is 17.4 Å². The number of carboxylic acid groups (broad SMARTS) is 1. The zero-order valence-electron chi connectivity index (χ0n) is 21.3. The molecule has 10 nitrogen and oxygen atoms in total. The van der Waals surface area contributed by atoms with E-state index in [9.17, 15) is 23.8 Å². The molecular weight excluding hydrogens is 518 g/mol. The van der Waals surface area contributed by atoms with Crippen LogP contribution in [0.15, 0.2) is 35.6 Å². The van der Waals surface area contributed by atoms with Crippen molar-refractivity contribution in [3.8, 4) is 11.5 Å². The van der Waals surface area contributed by atoms with E-state index in [4.69, 9.17) is 14.2 Å². The fourth-order valence-electron chi connectivity index (χ4n) is 3.74. The number of aliphatic hydroxyl groups is 1. The highest BCUT2D eigenvalue weighted by Gasteiger charge is 2.29. The summed E-state index contributed by atoms with van der Waals surface area (Å²) < 4.78 is 48.2. The molecule has 1 aromatic carbocycles. The van der Waals surface area contributed by atoms with Gasteiger partial charge >= 0.3 is 5.97 Å². The minimum atomic E-state index is -1.24. The molecule has 1 aliphatic rings. The zero-order valence-corrected chi connectivity index (χ0v) is 22.5. The topological polar surface area (TPSA) is 127 Å². The van der Waals surface area contributed by atoms with Gasteiger partial charge in [-0.2, -0.15) is 0 Å². The first kappa shape index (κ1) is 27.5. The summed E-state index contributed by atoms with van der Waals surface area (Å²) >= 11 is 0. The highest BCUT2D eigenvalue weighted by atomic mass is 28.3. The number of benzene rings is 1. The molecule has 38 heavy (non-hydrogen) atoms. The average Bonchev–Trinajstić information content (AvgIpc) is 3.25. The smallest absolute Gasteiger partial charge is 0.338 e.